The molecule has 1 aromatic carbocycles. The van der Waals surface area contributed by atoms with Gasteiger partial charge in [0.15, 0.2) is 0 Å². The first-order chi connectivity index (χ1) is 5.95. The van der Waals surface area contributed by atoms with Crippen molar-refractivity contribution in [3.05, 3.63) is 29.8 Å². The van der Waals surface area contributed by atoms with Gasteiger partial charge in [0.05, 0.1) is 11.6 Å². The third-order valence-electron chi connectivity index (χ3n) is 2.35. The van der Waals surface area contributed by atoms with Gasteiger partial charge in [-0.25, -0.2) is 0 Å². The monoisotopic (exact) mass is 211 g/mol. The van der Waals surface area contributed by atoms with E-state index in [1.54, 1.807) is 0 Å². The number of benzene rings is 1. The molecule has 0 amide bonds. The van der Waals surface area contributed by atoms with E-state index in [1.807, 2.05) is 11.8 Å². The van der Waals surface area contributed by atoms with E-state index in [0.29, 0.717) is 0 Å². The zero-order valence-corrected chi connectivity index (χ0v) is 8.70. The Morgan fingerprint density at radius 1 is 1.31 bits per heavy atom. The Labute approximate surface area is 88.2 Å². The van der Waals surface area contributed by atoms with Crippen LogP contribution in [0, 0.1) is 0 Å². The molecule has 0 N–H and O–H groups in total. The van der Waals surface area contributed by atoms with Crippen molar-refractivity contribution in [2.45, 2.75) is 4.90 Å². The summed E-state index contributed by atoms with van der Waals surface area (Å²) in [4.78, 5) is 3.87. The van der Waals surface area contributed by atoms with E-state index in [4.69, 9.17) is 0 Å². The van der Waals surface area contributed by atoms with Crippen LogP contribution in [0.5, 0.6) is 0 Å². The Morgan fingerprint density at radius 3 is 3.15 bits per heavy atom. The summed E-state index contributed by atoms with van der Waals surface area (Å²) < 4.78 is 0. The summed E-state index contributed by atoms with van der Waals surface area (Å²) in [6.45, 7) is 1.08. The molecule has 0 saturated carbocycles. The van der Waals surface area contributed by atoms with Gasteiger partial charge in [0, 0.05) is 11.4 Å². The zero-order valence-electron chi connectivity index (χ0n) is 7.06. The predicted molar refractivity (Wildman–Crippen MR) is 60.8 cm³/mol. The van der Waals surface area contributed by atoms with Crippen LogP contribution in [0.25, 0.3) is 6.08 Å². The molecular weight excluding hydrogens is 202 g/mol. The lowest BCUT2D eigenvalue weighted by molar-refractivity contribution is 0.998. The van der Waals surface area contributed by atoms with Crippen LogP contribution in [0.1, 0.15) is 5.56 Å². The average molecular weight is 212 g/mol. The van der Waals surface area contributed by atoms with Crippen LogP contribution in [0.4, 0.5) is 5.69 Å². The van der Waals surface area contributed by atoms with E-state index in [0.717, 1.165) is 12.4 Å². The third kappa shape index (κ3) is 1.25. The second kappa shape index (κ2) is 3.28. The minimum atomic E-state index is 0. The van der Waals surface area contributed by atoms with E-state index in [2.05, 4.69) is 35.3 Å². The molecule has 0 radical (unpaired) electrons. The minimum Gasteiger partial charge on any atom is -0.357 e. The van der Waals surface area contributed by atoms with Gasteiger partial charge in [-0.3, -0.25) is 0 Å². The number of thioether (sulfide) groups is 1. The number of hydrogen-bond acceptors (Lipinski definition) is 2. The normalized spacial score (nSPS) is 16.8. The molecule has 2 aliphatic heterocycles. The Balaban J connectivity index is 0.000000653. The van der Waals surface area contributed by atoms with Crippen molar-refractivity contribution in [1.29, 1.82) is 0 Å². The molecule has 0 aliphatic carbocycles. The molecule has 3 heteroatoms. The number of anilines is 1. The Kier molecular flexibility index (Phi) is 2.26. The van der Waals surface area contributed by atoms with Crippen LogP contribution in [0.3, 0.4) is 0 Å². The van der Waals surface area contributed by atoms with Crippen LogP contribution in [-0.2, 0) is 0 Å². The molecule has 2 aliphatic rings. The van der Waals surface area contributed by atoms with E-state index in [9.17, 15) is 0 Å². The molecule has 0 spiro atoms. The Morgan fingerprint density at radius 2 is 2.23 bits per heavy atom. The van der Waals surface area contributed by atoms with Gasteiger partial charge in [0.2, 0.25) is 0 Å². The molecule has 68 valence electrons. The van der Waals surface area contributed by atoms with Crippen molar-refractivity contribution in [2.75, 3.05) is 17.3 Å². The summed E-state index contributed by atoms with van der Waals surface area (Å²) in [5.74, 6) is 1.12. The summed E-state index contributed by atoms with van der Waals surface area (Å²) in [6, 6.07) is 6.54. The SMILES string of the molecule is C1=Cc2cccc3c2N(C1)CS3.Cl. The molecule has 1 nitrogen and oxygen atoms in total. The molecule has 2 heterocycles. The molecule has 0 fully saturated rings. The Hall–Kier alpha value is -0.600. The van der Waals surface area contributed by atoms with Crippen LogP contribution in [-0.4, -0.2) is 12.4 Å². The highest BCUT2D eigenvalue weighted by Gasteiger charge is 2.22. The van der Waals surface area contributed by atoms with E-state index in [-0.39, 0.29) is 12.4 Å². The summed E-state index contributed by atoms with van der Waals surface area (Å²) >= 11 is 1.94. The van der Waals surface area contributed by atoms with Gasteiger partial charge in [0.25, 0.3) is 0 Å². The van der Waals surface area contributed by atoms with Crippen LogP contribution >= 0.6 is 24.2 Å². The van der Waals surface area contributed by atoms with E-state index < -0.39 is 0 Å². The minimum absolute atomic E-state index is 0. The average Bonchev–Trinajstić information content (AvgIpc) is 2.52. The summed E-state index contributed by atoms with van der Waals surface area (Å²) in [5.41, 5.74) is 2.83. The first-order valence-corrected chi connectivity index (χ1v) is 5.11. The standard InChI is InChI=1S/C10H9NS.ClH/c1-3-8-4-2-6-11-7-12-9(5-1)10(8)11;/h1-5H,6-7H2;1H. The maximum Gasteiger partial charge on any atom is 0.0690 e. The summed E-state index contributed by atoms with van der Waals surface area (Å²) in [5, 5.41) is 0. The molecule has 0 unspecified atom stereocenters. The zero-order chi connectivity index (χ0) is 7.97. The highest BCUT2D eigenvalue weighted by molar-refractivity contribution is 7.99. The lowest BCUT2D eigenvalue weighted by Gasteiger charge is -2.21. The highest BCUT2D eigenvalue weighted by atomic mass is 35.5. The topological polar surface area (TPSA) is 3.24 Å². The fraction of sp³-hybridized carbons (Fsp3) is 0.200. The number of rotatable bonds is 0. The first kappa shape index (κ1) is 8.97. The second-order valence-electron chi connectivity index (χ2n) is 3.09. The van der Waals surface area contributed by atoms with Crippen molar-refractivity contribution < 1.29 is 0 Å². The fourth-order valence-corrected chi connectivity index (χ4v) is 2.88. The number of nitrogens with zero attached hydrogens (tertiary/aromatic N) is 1. The van der Waals surface area contributed by atoms with Gasteiger partial charge in [-0.15, -0.1) is 24.2 Å². The van der Waals surface area contributed by atoms with Crippen molar-refractivity contribution in [3.63, 3.8) is 0 Å². The molecule has 0 atom stereocenters. The molecule has 13 heavy (non-hydrogen) atoms. The second-order valence-corrected chi connectivity index (χ2v) is 4.08. The van der Waals surface area contributed by atoms with Gasteiger partial charge in [-0.1, -0.05) is 24.3 Å². The largest absolute Gasteiger partial charge is 0.357 e. The lowest BCUT2D eigenvalue weighted by Crippen LogP contribution is -2.21. The molecular formula is C10H10ClNS. The summed E-state index contributed by atoms with van der Waals surface area (Å²) in [7, 11) is 0. The van der Waals surface area contributed by atoms with E-state index >= 15 is 0 Å². The Bertz CT molecular complexity index is 362. The van der Waals surface area contributed by atoms with Crippen molar-refractivity contribution in [3.8, 4) is 0 Å². The fourth-order valence-electron chi connectivity index (χ4n) is 1.79. The molecule has 0 bridgehead atoms. The third-order valence-corrected chi connectivity index (χ3v) is 3.43. The van der Waals surface area contributed by atoms with Gasteiger partial charge < -0.3 is 4.90 Å². The maximum atomic E-state index is 2.43. The number of para-hydroxylation sites is 1. The van der Waals surface area contributed by atoms with Gasteiger partial charge in [-0.05, 0) is 11.6 Å². The molecule has 0 aromatic heterocycles. The number of hydrogen-bond donors (Lipinski definition) is 0. The maximum absolute atomic E-state index is 2.43. The summed E-state index contributed by atoms with van der Waals surface area (Å²) in [6.07, 6.45) is 4.46. The molecule has 0 saturated heterocycles. The van der Waals surface area contributed by atoms with Crippen molar-refractivity contribution in [1.82, 2.24) is 0 Å². The molecule has 1 aromatic rings. The quantitative estimate of drug-likeness (QED) is 0.649. The first-order valence-electron chi connectivity index (χ1n) is 4.12. The van der Waals surface area contributed by atoms with Gasteiger partial charge in [-0.2, -0.15) is 0 Å². The highest BCUT2D eigenvalue weighted by Crippen LogP contribution is 2.42. The smallest absolute Gasteiger partial charge is 0.0690 e. The lowest BCUT2D eigenvalue weighted by atomic mass is 10.1. The van der Waals surface area contributed by atoms with Crippen LogP contribution < -0.4 is 4.90 Å². The van der Waals surface area contributed by atoms with Gasteiger partial charge in [0.1, 0.15) is 0 Å². The van der Waals surface area contributed by atoms with E-state index in [1.165, 1.54) is 16.1 Å². The van der Waals surface area contributed by atoms with Crippen LogP contribution in [0.15, 0.2) is 29.2 Å². The van der Waals surface area contributed by atoms with Crippen molar-refractivity contribution >= 4 is 35.9 Å². The number of halogens is 1. The van der Waals surface area contributed by atoms with Crippen molar-refractivity contribution in [2.24, 2.45) is 0 Å². The predicted octanol–water partition coefficient (Wildman–Crippen LogP) is 3.00. The van der Waals surface area contributed by atoms with Gasteiger partial charge >= 0.3 is 0 Å². The van der Waals surface area contributed by atoms with Crippen LogP contribution in [0.2, 0.25) is 0 Å². The molecule has 3 rings (SSSR count).